The second-order valence-corrected chi connectivity index (χ2v) is 4.48. The van der Waals surface area contributed by atoms with Gasteiger partial charge in [0.1, 0.15) is 5.76 Å². The molecule has 0 aliphatic carbocycles. The first-order chi connectivity index (χ1) is 9.22. The monoisotopic (exact) mass is 259 g/mol. The van der Waals surface area contributed by atoms with Crippen LogP contribution in [0.25, 0.3) is 11.3 Å². The second-order valence-electron chi connectivity index (χ2n) is 4.48. The first kappa shape index (κ1) is 13.5. The lowest BCUT2D eigenvalue weighted by atomic mass is 10.1. The molecule has 0 saturated carbocycles. The minimum Gasteiger partial charge on any atom is -0.453 e. The van der Waals surface area contributed by atoms with Gasteiger partial charge in [-0.15, -0.1) is 0 Å². The third-order valence-corrected chi connectivity index (χ3v) is 2.89. The zero-order valence-corrected chi connectivity index (χ0v) is 10.9. The van der Waals surface area contributed by atoms with Crippen LogP contribution in [0.3, 0.4) is 0 Å². The van der Waals surface area contributed by atoms with Gasteiger partial charge in [-0.05, 0) is 30.8 Å². The van der Waals surface area contributed by atoms with Crippen LogP contribution in [0.2, 0.25) is 0 Å². The molecule has 2 aromatic rings. The number of carbonyl (C=O) groups excluding carboxylic acids is 1. The van der Waals surface area contributed by atoms with Gasteiger partial charge in [0.05, 0.1) is 6.61 Å². The summed E-state index contributed by atoms with van der Waals surface area (Å²) in [6.07, 6.45) is 0.697. The summed E-state index contributed by atoms with van der Waals surface area (Å²) < 4.78 is 5.40. The average molecular weight is 259 g/mol. The molecule has 0 saturated heterocycles. The normalized spacial score (nSPS) is 10.9. The van der Waals surface area contributed by atoms with Crippen LogP contribution >= 0.6 is 0 Å². The van der Waals surface area contributed by atoms with Crippen molar-refractivity contribution >= 4 is 6.29 Å². The molecule has 19 heavy (non-hydrogen) atoms. The predicted molar refractivity (Wildman–Crippen MR) is 73.0 cm³/mol. The van der Waals surface area contributed by atoms with Crippen LogP contribution in [-0.2, 0) is 6.54 Å². The maximum absolute atomic E-state index is 10.6. The van der Waals surface area contributed by atoms with Gasteiger partial charge in [-0.2, -0.15) is 0 Å². The highest BCUT2D eigenvalue weighted by Crippen LogP contribution is 2.22. The van der Waals surface area contributed by atoms with Crippen molar-refractivity contribution in [2.45, 2.75) is 6.54 Å². The molecule has 0 radical (unpaired) electrons. The number of furan rings is 1. The summed E-state index contributed by atoms with van der Waals surface area (Å²) in [4.78, 5) is 12.7. The number of rotatable bonds is 6. The molecule has 0 aliphatic rings. The lowest BCUT2D eigenvalue weighted by Gasteiger charge is -2.15. The molecular formula is C15H17NO3. The van der Waals surface area contributed by atoms with Gasteiger partial charge in [0.2, 0.25) is 0 Å². The van der Waals surface area contributed by atoms with E-state index < -0.39 is 0 Å². The summed E-state index contributed by atoms with van der Waals surface area (Å²) in [6.45, 7) is 1.55. The van der Waals surface area contributed by atoms with Crippen molar-refractivity contribution in [3.8, 4) is 11.3 Å². The summed E-state index contributed by atoms with van der Waals surface area (Å²) in [5.41, 5.74) is 2.08. The molecule has 100 valence electrons. The van der Waals surface area contributed by atoms with E-state index in [2.05, 4.69) is 0 Å². The molecule has 1 heterocycles. The maximum Gasteiger partial charge on any atom is 0.185 e. The Kier molecular flexibility index (Phi) is 4.49. The molecule has 4 heteroatoms. The van der Waals surface area contributed by atoms with E-state index in [1.54, 1.807) is 12.1 Å². The standard InChI is InChI=1S/C15H17NO3/c1-16(7-8-17)10-12-3-2-4-13(9-12)15-6-5-14(11-18)19-15/h2-6,9,11,17H,7-8,10H2,1H3. The van der Waals surface area contributed by atoms with Gasteiger partial charge in [-0.3, -0.25) is 9.69 Å². The molecule has 0 bridgehead atoms. The highest BCUT2D eigenvalue weighted by molar-refractivity contribution is 5.72. The van der Waals surface area contributed by atoms with Crippen LogP contribution in [0, 0.1) is 0 Å². The molecule has 1 aromatic carbocycles. The molecule has 1 aromatic heterocycles. The lowest BCUT2D eigenvalue weighted by Crippen LogP contribution is -2.21. The van der Waals surface area contributed by atoms with Gasteiger partial charge in [-0.25, -0.2) is 0 Å². The topological polar surface area (TPSA) is 53.7 Å². The molecule has 1 N–H and O–H groups in total. The first-order valence-corrected chi connectivity index (χ1v) is 6.16. The van der Waals surface area contributed by atoms with Crippen molar-refractivity contribution in [2.75, 3.05) is 20.2 Å². The number of hydrogen-bond donors (Lipinski definition) is 1. The molecule has 0 unspecified atom stereocenters. The number of hydrogen-bond acceptors (Lipinski definition) is 4. The van der Waals surface area contributed by atoms with Crippen molar-refractivity contribution in [2.24, 2.45) is 0 Å². The van der Waals surface area contributed by atoms with Gasteiger partial charge >= 0.3 is 0 Å². The van der Waals surface area contributed by atoms with Crippen molar-refractivity contribution in [3.63, 3.8) is 0 Å². The number of aldehydes is 1. The molecule has 0 fully saturated rings. The van der Waals surface area contributed by atoms with Crippen LogP contribution < -0.4 is 0 Å². The lowest BCUT2D eigenvalue weighted by molar-refractivity contribution is 0.110. The van der Waals surface area contributed by atoms with Gasteiger partial charge < -0.3 is 9.52 Å². The van der Waals surface area contributed by atoms with E-state index in [1.807, 2.05) is 36.2 Å². The summed E-state index contributed by atoms with van der Waals surface area (Å²) in [6, 6.07) is 11.4. The minimum atomic E-state index is 0.150. The Morgan fingerprint density at radius 1 is 1.32 bits per heavy atom. The summed E-state index contributed by atoms with van der Waals surface area (Å²) in [5.74, 6) is 1.02. The third kappa shape index (κ3) is 3.53. The van der Waals surface area contributed by atoms with E-state index in [4.69, 9.17) is 9.52 Å². The van der Waals surface area contributed by atoms with Crippen LogP contribution in [0.5, 0.6) is 0 Å². The highest BCUT2D eigenvalue weighted by Gasteiger charge is 2.06. The van der Waals surface area contributed by atoms with E-state index in [0.29, 0.717) is 24.4 Å². The van der Waals surface area contributed by atoms with Gasteiger partial charge in [0.25, 0.3) is 0 Å². The maximum atomic E-state index is 10.6. The van der Waals surface area contributed by atoms with E-state index in [1.165, 1.54) is 0 Å². The van der Waals surface area contributed by atoms with Crippen molar-refractivity contribution in [1.29, 1.82) is 0 Å². The summed E-state index contributed by atoms with van der Waals surface area (Å²) in [7, 11) is 1.96. The van der Waals surface area contributed by atoms with Crippen LogP contribution in [-0.4, -0.2) is 36.5 Å². The van der Waals surface area contributed by atoms with Crippen molar-refractivity contribution in [1.82, 2.24) is 4.90 Å². The van der Waals surface area contributed by atoms with Crippen molar-refractivity contribution in [3.05, 3.63) is 47.7 Å². The highest BCUT2D eigenvalue weighted by atomic mass is 16.3. The number of benzene rings is 1. The molecular weight excluding hydrogens is 242 g/mol. The van der Waals surface area contributed by atoms with Crippen LogP contribution in [0.15, 0.2) is 40.8 Å². The summed E-state index contributed by atoms with van der Waals surface area (Å²) in [5, 5.41) is 8.89. The quantitative estimate of drug-likeness (QED) is 0.808. The van der Waals surface area contributed by atoms with E-state index in [0.717, 1.165) is 17.7 Å². The fourth-order valence-electron chi connectivity index (χ4n) is 1.96. The SMILES string of the molecule is CN(CCO)Cc1cccc(-c2ccc(C=O)o2)c1. The number of likely N-dealkylation sites (N-methyl/N-ethyl adjacent to an activating group) is 1. The number of carbonyl (C=O) groups is 1. The fraction of sp³-hybridized carbons (Fsp3) is 0.267. The Balaban J connectivity index is 2.16. The number of nitrogens with zero attached hydrogens (tertiary/aromatic N) is 1. The average Bonchev–Trinajstić information content (AvgIpc) is 2.88. The Hall–Kier alpha value is -1.91. The van der Waals surface area contributed by atoms with Gasteiger partial charge in [-0.1, -0.05) is 18.2 Å². The van der Waals surface area contributed by atoms with E-state index >= 15 is 0 Å². The van der Waals surface area contributed by atoms with Crippen LogP contribution in [0.4, 0.5) is 0 Å². The van der Waals surface area contributed by atoms with Crippen LogP contribution in [0.1, 0.15) is 16.1 Å². The molecule has 0 atom stereocenters. The Bertz CT molecular complexity index is 548. The number of aliphatic hydroxyl groups excluding tert-OH is 1. The molecule has 0 aliphatic heterocycles. The fourth-order valence-corrected chi connectivity index (χ4v) is 1.96. The second kappa shape index (κ2) is 6.31. The zero-order valence-electron chi connectivity index (χ0n) is 10.9. The predicted octanol–water partition coefficient (Wildman–Crippen LogP) is 2.18. The first-order valence-electron chi connectivity index (χ1n) is 6.16. The Morgan fingerprint density at radius 2 is 2.16 bits per heavy atom. The molecule has 0 spiro atoms. The largest absolute Gasteiger partial charge is 0.453 e. The molecule has 4 nitrogen and oxygen atoms in total. The van der Waals surface area contributed by atoms with E-state index in [-0.39, 0.29) is 6.61 Å². The minimum absolute atomic E-state index is 0.150. The smallest absolute Gasteiger partial charge is 0.185 e. The number of aliphatic hydroxyl groups is 1. The Labute approximate surface area is 112 Å². The van der Waals surface area contributed by atoms with Crippen molar-refractivity contribution < 1.29 is 14.3 Å². The van der Waals surface area contributed by atoms with E-state index in [9.17, 15) is 4.79 Å². The zero-order chi connectivity index (χ0) is 13.7. The molecule has 2 rings (SSSR count). The third-order valence-electron chi connectivity index (χ3n) is 2.89. The van der Waals surface area contributed by atoms with Gasteiger partial charge in [0.15, 0.2) is 12.0 Å². The Morgan fingerprint density at radius 3 is 2.84 bits per heavy atom. The molecule has 0 amide bonds. The van der Waals surface area contributed by atoms with Gasteiger partial charge in [0, 0.05) is 18.7 Å². The summed E-state index contributed by atoms with van der Waals surface area (Å²) >= 11 is 0.